The summed E-state index contributed by atoms with van der Waals surface area (Å²) in [6.07, 6.45) is 10.3. The molecule has 0 aromatic rings. The van der Waals surface area contributed by atoms with Crippen molar-refractivity contribution in [1.82, 2.24) is 0 Å². The lowest BCUT2D eigenvalue weighted by molar-refractivity contribution is -0.684. The minimum absolute atomic E-state index is 0. The number of rotatable bonds is 2. The zero-order valence-electron chi connectivity index (χ0n) is 10.5. The molecule has 4 nitrogen and oxygen atoms in total. The predicted molar refractivity (Wildman–Crippen MR) is 79.6 cm³/mol. The van der Waals surface area contributed by atoms with Crippen LogP contribution in [0.5, 0.6) is 0 Å². The van der Waals surface area contributed by atoms with Gasteiger partial charge in [-0.1, -0.05) is 0 Å². The lowest BCUT2D eigenvalue weighted by Gasteiger charge is -2.26. The molecule has 2 aliphatic heterocycles. The molecule has 104 valence electrons. The van der Waals surface area contributed by atoms with E-state index >= 15 is 0 Å². The standard InChI is InChI=1S/C13H16IN3O.ClH/c14-13-16-12(11-7-15-5-6-17(11)13)10-3-1-9(8-18)2-4-10;/h5-7,9-10,18H,1-4,8H2;1H. The van der Waals surface area contributed by atoms with Crippen molar-refractivity contribution in [3.8, 4) is 0 Å². The summed E-state index contributed by atoms with van der Waals surface area (Å²) in [5, 5.41) is 9.20. The molecule has 1 unspecified atom stereocenters. The number of fused-ring (bicyclic) bond motifs is 1. The number of amidine groups is 1. The fraction of sp³-hybridized carbons (Fsp3) is 0.538. The van der Waals surface area contributed by atoms with Crippen molar-refractivity contribution in [2.75, 3.05) is 6.61 Å². The van der Waals surface area contributed by atoms with Crippen molar-refractivity contribution in [2.45, 2.75) is 25.7 Å². The zero-order chi connectivity index (χ0) is 12.5. The summed E-state index contributed by atoms with van der Waals surface area (Å²) in [7, 11) is 0. The molecule has 1 atom stereocenters. The smallest absolute Gasteiger partial charge is 0.272 e. The van der Waals surface area contributed by atoms with E-state index in [9.17, 15) is 5.11 Å². The molecule has 1 aliphatic carbocycles. The molecular formula is C13H17ClIN3O. The molecule has 0 bridgehead atoms. The van der Waals surface area contributed by atoms with E-state index in [2.05, 4.69) is 27.6 Å². The number of nitrogens with one attached hydrogen (secondary N) is 1. The van der Waals surface area contributed by atoms with Crippen molar-refractivity contribution in [1.29, 1.82) is 0 Å². The quantitative estimate of drug-likeness (QED) is 0.424. The van der Waals surface area contributed by atoms with Crippen molar-refractivity contribution >= 4 is 32.6 Å². The third-order valence-electron chi connectivity index (χ3n) is 4.03. The molecule has 1 saturated carbocycles. The van der Waals surface area contributed by atoms with Crippen LogP contribution in [0.2, 0.25) is 0 Å². The second-order valence-electron chi connectivity index (χ2n) is 5.11. The van der Waals surface area contributed by atoms with E-state index in [0.29, 0.717) is 18.4 Å². The fourth-order valence-corrected chi connectivity index (χ4v) is 3.66. The number of halogens is 2. The zero-order valence-corrected chi connectivity index (χ0v) is 13.4. The highest BCUT2D eigenvalue weighted by Crippen LogP contribution is 2.35. The molecule has 0 saturated heterocycles. The number of hydrogen-bond acceptors (Lipinski definition) is 3. The van der Waals surface area contributed by atoms with E-state index in [1.54, 1.807) is 0 Å². The van der Waals surface area contributed by atoms with E-state index in [4.69, 9.17) is 4.99 Å². The maximum absolute atomic E-state index is 9.20. The molecule has 2 N–H and O–H groups in total. The third-order valence-corrected chi connectivity index (χ3v) is 4.85. The minimum atomic E-state index is 0. The van der Waals surface area contributed by atoms with Gasteiger partial charge in [0.1, 0.15) is 11.9 Å². The van der Waals surface area contributed by atoms with Crippen LogP contribution in [0.4, 0.5) is 0 Å². The molecule has 0 spiro atoms. The Labute approximate surface area is 132 Å². The van der Waals surface area contributed by atoms with E-state index in [0.717, 1.165) is 29.5 Å². The summed E-state index contributed by atoms with van der Waals surface area (Å²) in [5.74, 6) is 1.04. The number of hydrogen-bond donors (Lipinski definition) is 2. The van der Waals surface area contributed by atoms with Crippen molar-refractivity contribution in [3.63, 3.8) is 0 Å². The molecule has 3 aliphatic rings. The molecule has 1 fully saturated rings. The van der Waals surface area contributed by atoms with Crippen LogP contribution in [0.15, 0.2) is 33.8 Å². The lowest BCUT2D eigenvalue weighted by atomic mass is 9.80. The number of quaternary nitrogens is 1. The largest absolute Gasteiger partial charge is 1.00 e. The maximum atomic E-state index is 9.20. The van der Waals surface area contributed by atoms with Gasteiger partial charge in [-0.25, -0.2) is 4.90 Å². The van der Waals surface area contributed by atoms with Gasteiger partial charge in [-0.15, -0.1) is 0 Å². The molecule has 0 radical (unpaired) electrons. The molecule has 0 amide bonds. The van der Waals surface area contributed by atoms with Crippen LogP contribution in [0.25, 0.3) is 0 Å². The lowest BCUT2D eigenvalue weighted by Crippen LogP contribution is -3.07. The first-order valence-corrected chi connectivity index (χ1v) is 7.54. The van der Waals surface area contributed by atoms with Gasteiger partial charge in [0.2, 0.25) is 0 Å². The number of aliphatic imine (C=N–C) groups is 2. The Balaban J connectivity index is 0.00000133. The van der Waals surface area contributed by atoms with Crippen molar-refractivity contribution in [3.05, 3.63) is 23.8 Å². The van der Waals surface area contributed by atoms with E-state index < -0.39 is 0 Å². The highest BCUT2D eigenvalue weighted by molar-refractivity contribution is 14.1. The highest BCUT2D eigenvalue weighted by atomic mass is 127. The molecule has 3 rings (SSSR count). The van der Waals surface area contributed by atoms with Crippen LogP contribution in [-0.4, -0.2) is 21.8 Å². The summed E-state index contributed by atoms with van der Waals surface area (Å²) in [6.45, 7) is 0.334. The summed E-state index contributed by atoms with van der Waals surface area (Å²) in [4.78, 5) is 10.2. The van der Waals surface area contributed by atoms with Crippen molar-refractivity contribution in [2.24, 2.45) is 21.8 Å². The molecule has 0 aromatic heterocycles. The van der Waals surface area contributed by atoms with Crippen LogP contribution in [0.3, 0.4) is 0 Å². The van der Waals surface area contributed by atoms with Gasteiger partial charge in [0, 0.05) is 12.5 Å². The normalized spacial score (nSPS) is 32.9. The van der Waals surface area contributed by atoms with Crippen LogP contribution in [0.1, 0.15) is 25.7 Å². The van der Waals surface area contributed by atoms with Gasteiger partial charge in [0.15, 0.2) is 5.70 Å². The Morgan fingerprint density at radius 2 is 2.05 bits per heavy atom. The first-order chi connectivity index (χ1) is 8.79. The Hall–Kier alpha value is -0.240. The highest BCUT2D eigenvalue weighted by Gasteiger charge is 2.35. The fourth-order valence-electron chi connectivity index (χ4n) is 2.93. The summed E-state index contributed by atoms with van der Waals surface area (Å²) in [6, 6.07) is 0. The van der Waals surface area contributed by atoms with Gasteiger partial charge < -0.3 is 17.5 Å². The topological polar surface area (TPSA) is 49.4 Å². The van der Waals surface area contributed by atoms with Crippen molar-refractivity contribution < 1.29 is 22.4 Å². The van der Waals surface area contributed by atoms with Gasteiger partial charge in [0.05, 0.1) is 35.0 Å². The maximum Gasteiger partial charge on any atom is 0.272 e. The number of allylic oxidation sites excluding steroid dienone is 2. The Morgan fingerprint density at radius 3 is 2.74 bits per heavy atom. The van der Waals surface area contributed by atoms with Gasteiger partial charge in [-0.05, 0) is 31.6 Å². The second kappa shape index (κ2) is 6.47. The first-order valence-electron chi connectivity index (χ1n) is 6.46. The first kappa shape index (κ1) is 15.2. The second-order valence-corrected chi connectivity index (χ2v) is 6.13. The van der Waals surface area contributed by atoms with Gasteiger partial charge in [-0.3, -0.25) is 4.99 Å². The number of aliphatic hydroxyl groups excluding tert-OH is 1. The summed E-state index contributed by atoms with van der Waals surface area (Å²) >= 11 is 2.31. The predicted octanol–water partition coefficient (Wildman–Crippen LogP) is -1.75. The molecule has 2 heterocycles. The Kier molecular flexibility index (Phi) is 5.16. The summed E-state index contributed by atoms with van der Waals surface area (Å²) < 4.78 is 1.09. The molecule has 0 aromatic carbocycles. The van der Waals surface area contributed by atoms with Gasteiger partial charge in [-0.2, -0.15) is 4.99 Å². The van der Waals surface area contributed by atoms with Crippen LogP contribution in [-0.2, 0) is 0 Å². The van der Waals surface area contributed by atoms with Gasteiger partial charge in [0.25, 0.3) is 3.84 Å². The van der Waals surface area contributed by atoms with E-state index in [1.807, 2.05) is 18.6 Å². The average Bonchev–Trinajstić information content (AvgIpc) is 2.77. The minimum Gasteiger partial charge on any atom is -1.00 e. The van der Waals surface area contributed by atoms with Crippen LogP contribution < -0.4 is 17.3 Å². The molecule has 6 heteroatoms. The van der Waals surface area contributed by atoms with E-state index in [1.165, 1.54) is 16.3 Å². The third kappa shape index (κ3) is 2.94. The number of nitrogens with zero attached hydrogens (tertiary/aromatic N) is 2. The Bertz CT molecular complexity index is 465. The summed E-state index contributed by atoms with van der Waals surface area (Å²) in [5.41, 5.74) is 2.44. The van der Waals surface area contributed by atoms with Gasteiger partial charge >= 0.3 is 0 Å². The van der Waals surface area contributed by atoms with Crippen LogP contribution in [0, 0.1) is 11.8 Å². The monoisotopic (exact) mass is 393 g/mol. The molecular weight excluding hydrogens is 377 g/mol. The average molecular weight is 394 g/mol. The molecule has 19 heavy (non-hydrogen) atoms. The van der Waals surface area contributed by atoms with E-state index in [-0.39, 0.29) is 12.4 Å². The number of aliphatic hydroxyl groups is 1. The van der Waals surface area contributed by atoms with Crippen LogP contribution >= 0.6 is 22.6 Å². The SMILES string of the molecule is OCC1CCC(C2=C3C=NC=C[NH+]3C(I)=N2)CC1.[Cl-]. The Morgan fingerprint density at radius 1 is 1.32 bits per heavy atom.